The number of ether oxygens (including phenoxy) is 1. The van der Waals surface area contributed by atoms with Gasteiger partial charge in [-0.15, -0.1) is 0 Å². The van der Waals surface area contributed by atoms with E-state index >= 15 is 0 Å². The van der Waals surface area contributed by atoms with Gasteiger partial charge in [0.25, 0.3) is 10.0 Å². The molecule has 2 amide bonds. The van der Waals surface area contributed by atoms with Crippen LogP contribution in [-0.2, 0) is 32.6 Å². The van der Waals surface area contributed by atoms with E-state index in [0.717, 1.165) is 26.6 Å². The minimum atomic E-state index is -4.26. The largest absolute Gasteiger partial charge is 0.495 e. The summed E-state index contributed by atoms with van der Waals surface area (Å²) < 4.78 is 35.3. The quantitative estimate of drug-likeness (QED) is 0.181. The Kier molecular flexibility index (Phi) is 11.5. The van der Waals surface area contributed by atoms with Crippen LogP contribution in [0.25, 0.3) is 0 Å². The second kappa shape index (κ2) is 15.3. The maximum atomic E-state index is 14.6. The number of hydrogen-bond acceptors (Lipinski definition) is 5. The summed E-state index contributed by atoms with van der Waals surface area (Å²) in [6, 6.07) is 26.9. The van der Waals surface area contributed by atoms with Crippen molar-refractivity contribution in [2.45, 2.75) is 57.6 Å². The van der Waals surface area contributed by atoms with E-state index in [4.69, 9.17) is 16.3 Å². The first kappa shape index (κ1) is 34.5. The predicted molar refractivity (Wildman–Crippen MR) is 183 cm³/mol. The number of anilines is 1. The lowest BCUT2D eigenvalue weighted by atomic mass is 10.0. The molecule has 4 rings (SSSR count). The molecule has 1 atom stereocenters. The number of rotatable bonds is 13. The van der Waals surface area contributed by atoms with Crippen LogP contribution in [0.1, 0.15) is 36.1 Å². The highest BCUT2D eigenvalue weighted by Crippen LogP contribution is 2.34. The zero-order valence-electron chi connectivity index (χ0n) is 26.7. The van der Waals surface area contributed by atoms with Gasteiger partial charge >= 0.3 is 0 Å². The maximum absolute atomic E-state index is 14.6. The van der Waals surface area contributed by atoms with Gasteiger partial charge in [0.05, 0.1) is 17.7 Å². The van der Waals surface area contributed by atoms with E-state index < -0.39 is 28.5 Å². The summed E-state index contributed by atoms with van der Waals surface area (Å²) >= 11 is 6.15. The van der Waals surface area contributed by atoms with Crippen LogP contribution in [0.15, 0.2) is 102 Å². The molecule has 0 unspecified atom stereocenters. The van der Waals surface area contributed by atoms with Crippen LogP contribution in [0, 0.1) is 13.8 Å². The average molecular weight is 662 g/mol. The van der Waals surface area contributed by atoms with E-state index in [1.54, 1.807) is 54.6 Å². The summed E-state index contributed by atoms with van der Waals surface area (Å²) in [7, 11) is -2.81. The maximum Gasteiger partial charge on any atom is 0.264 e. The third-order valence-electron chi connectivity index (χ3n) is 7.46. The molecular weight excluding hydrogens is 622 g/mol. The number of nitrogens with one attached hydrogen (secondary N) is 1. The number of benzene rings is 4. The molecule has 242 valence electrons. The Bertz CT molecular complexity index is 1750. The minimum Gasteiger partial charge on any atom is -0.495 e. The Hall–Kier alpha value is -4.34. The van der Waals surface area contributed by atoms with Gasteiger partial charge in [-0.2, -0.15) is 0 Å². The standard InChI is InChI=1S/C36H40ClN3O5S/c1-25(2)38-36(42)33(22-28-9-7-6-8-10-28)39(23-29-14-16-30(37)17-15-29)35(41)24-40(32-21-27(4)13-20-34(32)45-5)46(43,44)31-18-11-26(3)12-19-31/h6-21,25,33H,22-24H2,1-5H3,(H,38,42)/t33-/m0/s1. The van der Waals surface area contributed by atoms with E-state index in [1.807, 2.05) is 58.0 Å². The van der Waals surface area contributed by atoms with Crippen molar-refractivity contribution in [3.05, 3.63) is 124 Å². The van der Waals surface area contributed by atoms with Gasteiger partial charge < -0.3 is 15.0 Å². The molecule has 0 aliphatic rings. The molecule has 4 aromatic rings. The number of nitrogens with zero attached hydrogens (tertiary/aromatic N) is 2. The topological polar surface area (TPSA) is 96.0 Å². The molecule has 8 nitrogen and oxygen atoms in total. The average Bonchev–Trinajstić information content (AvgIpc) is 3.02. The molecule has 10 heteroatoms. The zero-order chi connectivity index (χ0) is 33.4. The molecule has 1 N–H and O–H groups in total. The van der Waals surface area contributed by atoms with Crippen LogP contribution >= 0.6 is 11.6 Å². The number of halogens is 1. The van der Waals surface area contributed by atoms with Gasteiger partial charge in [0.15, 0.2) is 0 Å². The Morgan fingerprint density at radius 1 is 0.848 bits per heavy atom. The van der Waals surface area contributed by atoms with E-state index in [9.17, 15) is 18.0 Å². The van der Waals surface area contributed by atoms with E-state index in [-0.39, 0.29) is 41.2 Å². The highest BCUT2D eigenvalue weighted by molar-refractivity contribution is 7.92. The minimum absolute atomic E-state index is 0.0251. The van der Waals surface area contributed by atoms with Gasteiger partial charge in [-0.25, -0.2) is 8.42 Å². The summed E-state index contributed by atoms with van der Waals surface area (Å²) in [5.74, 6) is -0.618. The molecule has 0 spiro atoms. The number of carbonyl (C=O) groups is 2. The third-order valence-corrected chi connectivity index (χ3v) is 9.49. The van der Waals surface area contributed by atoms with Crippen molar-refractivity contribution in [3.8, 4) is 5.75 Å². The van der Waals surface area contributed by atoms with Crippen molar-refractivity contribution in [1.29, 1.82) is 0 Å². The molecule has 0 heterocycles. The number of amides is 2. The molecule has 0 radical (unpaired) electrons. The molecule has 0 aliphatic carbocycles. The fourth-order valence-corrected chi connectivity index (χ4v) is 6.61. The lowest BCUT2D eigenvalue weighted by molar-refractivity contribution is -0.140. The fourth-order valence-electron chi connectivity index (χ4n) is 5.07. The first-order valence-electron chi connectivity index (χ1n) is 15.0. The Labute approximate surface area is 277 Å². The molecule has 0 aromatic heterocycles. The van der Waals surface area contributed by atoms with Crippen molar-refractivity contribution in [2.24, 2.45) is 0 Å². The van der Waals surface area contributed by atoms with Crippen molar-refractivity contribution in [3.63, 3.8) is 0 Å². The van der Waals surface area contributed by atoms with Crippen LogP contribution in [0.3, 0.4) is 0 Å². The Morgan fingerprint density at radius 2 is 1.48 bits per heavy atom. The van der Waals surface area contributed by atoms with Crippen LogP contribution < -0.4 is 14.4 Å². The smallest absolute Gasteiger partial charge is 0.264 e. The zero-order valence-corrected chi connectivity index (χ0v) is 28.3. The molecule has 0 bridgehead atoms. The summed E-state index contributed by atoms with van der Waals surface area (Å²) in [5, 5.41) is 3.49. The first-order valence-corrected chi connectivity index (χ1v) is 16.8. The predicted octanol–water partition coefficient (Wildman–Crippen LogP) is 6.33. The fraction of sp³-hybridized carbons (Fsp3) is 0.278. The molecule has 0 fully saturated rings. The van der Waals surface area contributed by atoms with Crippen LogP contribution in [0.5, 0.6) is 5.75 Å². The normalized spacial score (nSPS) is 12.0. The summed E-state index contributed by atoms with van der Waals surface area (Å²) in [6.45, 7) is 6.86. The van der Waals surface area contributed by atoms with Gasteiger partial charge in [-0.1, -0.05) is 77.8 Å². The van der Waals surface area contributed by atoms with E-state index in [1.165, 1.54) is 24.1 Å². The Morgan fingerprint density at radius 3 is 2.09 bits per heavy atom. The van der Waals surface area contributed by atoms with Gasteiger partial charge in [0.2, 0.25) is 11.8 Å². The molecular formula is C36H40ClN3O5S. The second-order valence-corrected chi connectivity index (χ2v) is 13.8. The Balaban J connectivity index is 1.85. The molecule has 46 heavy (non-hydrogen) atoms. The summed E-state index contributed by atoms with van der Waals surface area (Å²) in [5.41, 5.74) is 3.47. The summed E-state index contributed by atoms with van der Waals surface area (Å²) in [6.07, 6.45) is 0.219. The monoisotopic (exact) mass is 661 g/mol. The van der Waals surface area contributed by atoms with Crippen molar-refractivity contribution in [1.82, 2.24) is 10.2 Å². The first-order chi connectivity index (χ1) is 21.9. The number of methoxy groups -OCH3 is 1. The second-order valence-electron chi connectivity index (χ2n) is 11.5. The van der Waals surface area contributed by atoms with Gasteiger partial charge in [-0.05, 0) is 80.8 Å². The highest BCUT2D eigenvalue weighted by Gasteiger charge is 2.35. The van der Waals surface area contributed by atoms with Gasteiger partial charge in [0.1, 0.15) is 18.3 Å². The van der Waals surface area contributed by atoms with Crippen molar-refractivity contribution < 1.29 is 22.7 Å². The van der Waals surface area contributed by atoms with Gasteiger partial charge in [0, 0.05) is 24.0 Å². The van der Waals surface area contributed by atoms with E-state index in [2.05, 4.69) is 5.32 Å². The van der Waals surface area contributed by atoms with Crippen LogP contribution in [-0.4, -0.2) is 50.9 Å². The number of carbonyl (C=O) groups excluding carboxylic acids is 2. The van der Waals surface area contributed by atoms with Crippen LogP contribution in [0.2, 0.25) is 5.02 Å². The summed E-state index contributed by atoms with van der Waals surface area (Å²) in [4.78, 5) is 29.9. The molecule has 0 aliphatic heterocycles. The number of aryl methyl sites for hydroxylation is 2. The molecule has 4 aromatic carbocycles. The van der Waals surface area contributed by atoms with Gasteiger partial charge in [-0.3, -0.25) is 13.9 Å². The van der Waals surface area contributed by atoms with E-state index in [0.29, 0.717) is 5.02 Å². The highest BCUT2D eigenvalue weighted by atomic mass is 35.5. The van der Waals surface area contributed by atoms with Crippen molar-refractivity contribution >= 4 is 39.1 Å². The number of sulfonamides is 1. The third kappa shape index (κ3) is 8.68. The lowest BCUT2D eigenvalue weighted by Crippen LogP contribution is -2.54. The number of hydrogen-bond donors (Lipinski definition) is 1. The lowest BCUT2D eigenvalue weighted by Gasteiger charge is -2.34. The van der Waals surface area contributed by atoms with Crippen molar-refractivity contribution in [2.75, 3.05) is 18.0 Å². The molecule has 0 saturated heterocycles. The SMILES string of the molecule is COc1ccc(C)cc1N(CC(=O)N(Cc1ccc(Cl)cc1)[C@@H](Cc1ccccc1)C(=O)NC(C)C)S(=O)(=O)c1ccc(C)cc1. The molecule has 0 saturated carbocycles. The van der Waals surface area contributed by atoms with Crippen LogP contribution in [0.4, 0.5) is 5.69 Å².